The van der Waals surface area contributed by atoms with E-state index in [9.17, 15) is 19.2 Å². The lowest BCUT2D eigenvalue weighted by Crippen LogP contribution is -2.34. The normalized spacial score (nSPS) is 11.5. The predicted octanol–water partition coefficient (Wildman–Crippen LogP) is 8.91. The van der Waals surface area contributed by atoms with Crippen LogP contribution in [0.2, 0.25) is 0 Å². The molecule has 0 fully saturated rings. The van der Waals surface area contributed by atoms with E-state index in [2.05, 4.69) is 10.6 Å². The Morgan fingerprint density at radius 2 is 0.898 bits per heavy atom. The van der Waals surface area contributed by atoms with Crippen LogP contribution in [0.15, 0.2) is 109 Å². The maximum Gasteiger partial charge on any atom is 0.407 e. The summed E-state index contributed by atoms with van der Waals surface area (Å²) in [5, 5.41) is 5.33. The van der Waals surface area contributed by atoms with Crippen molar-refractivity contribution in [2.45, 2.75) is 72.4 Å². The van der Waals surface area contributed by atoms with Crippen LogP contribution in [0.3, 0.4) is 0 Å². The van der Waals surface area contributed by atoms with E-state index in [0.29, 0.717) is 34.1 Å². The fourth-order valence-corrected chi connectivity index (χ4v) is 5.12. The third-order valence-electron chi connectivity index (χ3n) is 7.74. The van der Waals surface area contributed by atoms with Crippen LogP contribution in [0, 0.1) is 0 Å². The lowest BCUT2D eigenvalue weighted by atomic mass is 10.1. The number of nitrogens with one attached hydrogen (secondary N) is 2. The summed E-state index contributed by atoms with van der Waals surface area (Å²) >= 11 is 0. The van der Waals surface area contributed by atoms with Gasteiger partial charge in [-0.1, -0.05) is 84.9 Å². The molecule has 12 nitrogen and oxygen atoms in total. The number of hydrogen-bond acceptors (Lipinski definition) is 10. The number of ether oxygens (including phenoxy) is 6. The maximum atomic E-state index is 12.9. The monoisotopic (exact) mass is 806 g/mol. The molecule has 0 aromatic heterocycles. The van der Waals surface area contributed by atoms with E-state index in [1.54, 1.807) is 90.1 Å². The largest absolute Gasteiger partial charge is 0.488 e. The third kappa shape index (κ3) is 18.1. The second-order valence-electron chi connectivity index (χ2n) is 15.3. The molecule has 0 saturated carbocycles. The van der Waals surface area contributed by atoms with Crippen molar-refractivity contribution in [1.82, 2.24) is 10.6 Å². The average molecular weight is 807 g/mol. The van der Waals surface area contributed by atoms with Crippen LogP contribution >= 0.6 is 0 Å². The van der Waals surface area contributed by atoms with E-state index in [0.717, 1.165) is 11.1 Å². The van der Waals surface area contributed by atoms with Gasteiger partial charge in [0.1, 0.15) is 37.6 Å². The zero-order valence-electron chi connectivity index (χ0n) is 34.6. The summed E-state index contributed by atoms with van der Waals surface area (Å²) in [6.45, 7) is 12.0. The summed E-state index contributed by atoms with van der Waals surface area (Å²) in [5.74, 6) is 1.05. The van der Waals surface area contributed by atoms with Crippen LogP contribution in [-0.4, -0.2) is 61.3 Å². The molecule has 12 heteroatoms. The minimum atomic E-state index is -0.613. The van der Waals surface area contributed by atoms with E-state index in [1.165, 1.54) is 12.2 Å². The van der Waals surface area contributed by atoms with Gasteiger partial charge in [0.25, 0.3) is 0 Å². The van der Waals surface area contributed by atoms with E-state index in [1.807, 2.05) is 60.7 Å². The van der Waals surface area contributed by atoms with Gasteiger partial charge in [0.05, 0.1) is 19.5 Å². The molecule has 0 saturated heterocycles. The number of carbonyl (C=O) groups excluding carboxylic acids is 4. The van der Waals surface area contributed by atoms with Crippen molar-refractivity contribution in [2.75, 3.05) is 26.3 Å². The molecule has 4 aromatic carbocycles. The molecule has 2 amide bonds. The molecule has 0 atom stereocenters. The second kappa shape index (κ2) is 22.4. The number of rotatable bonds is 20. The highest BCUT2D eigenvalue weighted by Gasteiger charge is 2.17. The first kappa shape index (κ1) is 45.1. The van der Waals surface area contributed by atoms with Gasteiger partial charge in [0.15, 0.2) is 34.6 Å². The summed E-state index contributed by atoms with van der Waals surface area (Å²) in [5.41, 5.74) is 2.01. The minimum Gasteiger partial charge on any atom is -0.488 e. The lowest BCUT2D eigenvalue weighted by Gasteiger charge is -2.20. The molecule has 0 spiro atoms. The number of benzene rings is 4. The van der Waals surface area contributed by atoms with Gasteiger partial charge in [-0.15, -0.1) is 0 Å². The Morgan fingerprint density at radius 1 is 0.508 bits per heavy atom. The molecule has 0 unspecified atom stereocenters. The van der Waals surface area contributed by atoms with Crippen molar-refractivity contribution >= 4 is 35.9 Å². The number of amides is 2. The number of ketones is 2. The van der Waals surface area contributed by atoms with Crippen LogP contribution in [0.4, 0.5) is 9.59 Å². The van der Waals surface area contributed by atoms with Gasteiger partial charge in [-0.05, 0) is 100 Å². The zero-order valence-corrected chi connectivity index (χ0v) is 34.6. The number of alkyl carbamates (subject to hydrolysis) is 2. The molecule has 0 aliphatic heterocycles. The molecule has 0 heterocycles. The Morgan fingerprint density at radius 3 is 1.27 bits per heavy atom. The fraction of sp³-hybridized carbons (Fsp3) is 0.319. The molecule has 4 rings (SSSR count). The van der Waals surface area contributed by atoms with Crippen LogP contribution in [0.25, 0.3) is 12.2 Å². The highest BCUT2D eigenvalue weighted by molar-refractivity contribution is 6.10. The van der Waals surface area contributed by atoms with Crippen molar-refractivity contribution in [2.24, 2.45) is 0 Å². The molecule has 0 bridgehead atoms. The van der Waals surface area contributed by atoms with Crippen molar-refractivity contribution in [3.8, 4) is 23.0 Å². The Balaban J connectivity index is 1.36. The maximum absolute atomic E-state index is 12.9. The van der Waals surface area contributed by atoms with Crippen molar-refractivity contribution in [3.05, 3.63) is 131 Å². The molecular formula is C47H54N2O10. The SMILES string of the molecule is CC(C)(C)OC(=O)NCCOc1ccc(C=CC(=O)CC(=O)C=Cc2ccc(OCCNC(=O)OC(C)(C)C)c(OCc3ccccc3)c2)cc1OCc1ccccc1. The van der Waals surface area contributed by atoms with Crippen molar-refractivity contribution < 1.29 is 47.6 Å². The first-order valence-electron chi connectivity index (χ1n) is 19.3. The summed E-state index contributed by atoms with van der Waals surface area (Å²) in [7, 11) is 0. The standard InChI is InChI=1S/C47H54N2O10/c1-46(2,3)58-44(52)48-25-27-54-40-23-19-34(29-42(40)56-32-36-13-9-7-10-14-36)17-21-38(50)31-39(51)22-18-35-20-24-41(55-28-26-49-45(53)59-47(4,5)6)43(30-35)57-33-37-15-11-8-12-16-37/h7-24,29-30H,25-28,31-33H2,1-6H3,(H,48,52)(H,49,53). The summed E-state index contributed by atoms with van der Waals surface area (Å²) in [6, 6.07) is 29.7. The molecule has 312 valence electrons. The van der Waals surface area contributed by atoms with Gasteiger partial charge in [-0.2, -0.15) is 0 Å². The first-order chi connectivity index (χ1) is 28.1. The Hall–Kier alpha value is -6.56. The first-order valence-corrected chi connectivity index (χ1v) is 19.3. The molecule has 59 heavy (non-hydrogen) atoms. The van der Waals surface area contributed by atoms with Crippen LogP contribution in [0.1, 0.15) is 70.2 Å². The van der Waals surface area contributed by atoms with Crippen LogP contribution < -0.4 is 29.6 Å². The Labute approximate surface area is 346 Å². The van der Waals surface area contributed by atoms with Crippen molar-refractivity contribution in [1.29, 1.82) is 0 Å². The Kier molecular flexibility index (Phi) is 17.1. The zero-order chi connectivity index (χ0) is 42.7. The van der Waals surface area contributed by atoms with Gasteiger partial charge in [0, 0.05) is 0 Å². The highest BCUT2D eigenvalue weighted by atomic mass is 16.6. The predicted molar refractivity (Wildman–Crippen MR) is 227 cm³/mol. The van der Waals surface area contributed by atoms with Gasteiger partial charge >= 0.3 is 12.2 Å². The minimum absolute atomic E-state index is 0.166. The Bertz CT molecular complexity index is 1900. The smallest absolute Gasteiger partial charge is 0.407 e. The molecule has 0 radical (unpaired) electrons. The van der Waals surface area contributed by atoms with Gasteiger partial charge in [0.2, 0.25) is 0 Å². The fourth-order valence-electron chi connectivity index (χ4n) is 5.12. The average Bonchev–Trinajstić information content (AvgIpc) is 3.18. The summed E-state index contributed by atoms with van der Waals surface area (Å²) in [6.07, 6.45) is 4.52. The van der Waals surface area contributed by atoms with E-state index < -0.39 is 23.4 Å². The van der Waals surface area contributed by atoms with Crippen LogP contribution in [-0.2, 0) is 32.3 Å². The van der Waals surface area contributed by atoms with Crippen molar-refractivity contribution in [3.63, 3.8) is 0 Å². The molecular weight excluding hydrogens is 753 g/mol. The van der Waals surface area contributed by atoms with Crippen LogP contribution in [0.5, 0.6) is 23.0 Å². The number of hydrogen-bond donors (Lipinski definition) is 2. The lowest BCUT2D eigenvalue weighted by molar-refractivity contribution is -0.121. The quantitative estimate of drug-likeness (QED) is 0.0504. The summed E-state index contributed by atoms with van der Waals surface area (Å²) < 4.78 is 34.6. The van der Waals surface area contributed by atoms with Gasteiger partial charge in [-0.3, -0.25) is 9.59 Å². The second-order valence-corrected chi connectivity index (χ2v) is 15.3. The highest BCUT2D eigenvalue weighted by Crippen LogP contribution is 2.31. The number of carbonyl (C=O) groups is 4. The molecule has 0 aliphatic rings. The van der Waals surface area contributed by atoms with Gasteiger partial charge < -0.3 is 39.1 Å². The topological polar surface area (TPSA) is 148 Å². The molecule has 2 N–H and O–H groups in total. The molecule has 0 aliphatic carbocycles. The van der Waals surface area contributed by atoms with Gasteiger partial charge in [-0.25, -0.2) is 9.59 Å². The van der Waals surface area contributed by atoms with E-state index in [4.69, 9.17) is 28.4 Å². The molecule has 4 aromatic rings. The number of allylic oxidation sites excluding steroid dienone is 2. The third-order valence-corrected chi connectivity index (χ3v) is 7.74. The van der Waals surface area contributed by atoms with E-state index in [-0.39, 0.29) is 57.5 Å². The summed E-state index contributed by atoms with van der Waals surface area (Å²) in [4.78, 5) is 49.7. The van der Waals surface area contributed by atoms with E-state index >= 15 is 0 Å².